The molecule has 1 rings (SSSR count). The Morgan fingerprint density at radius 1 is 1.56 bits per heavy atom. The second-order valence-corrected chi connectivity index (χ2v) is 3.36. The molecule has 1 aromatic carbocycles. The molecule has 0 spiro atoms. The first-order valence-corrected chi connectivity index (χ1v) is 4.74. The van der Waals surface area contributed by atoms with Crippen molar-refractivity contribution >= 4 is 5.97 Å². The van der Waals surface area contributed by atoms with E-state index < -0.39 is 17.7 Å². The third kappa shape index (κ3) is 2.93. The molecule has 88 valence electrons. The molecular formula is C11H13FO4. The second kappa shape index (κ2) is 5.46. The van der Waals surface area contributed by atoms with Crippen molar-refractivity contribution in [2.45, 2.75) is 12.3 Å². The molecule has 2 N–H and O–H groups in total. The molecule has 0 amide bonds. The number of ether oxygens (including phenoxy) is 1. The second-order valence-electron chi connectivity index (χ2n) is 3.36. The fourth-order valence-corrected chi connectivity index (χ4v) is 1.51. The number of aliphatic hydroxyl groups is 1. The Kier molecular flexibility index (Phi) is 4.25. The molecule has 0 bridgehead atoms. The van der Waals surface area contributed by atoms with Crippen LogP contribution in [0.3, 0.4) is 0 Å². The van der Waals surface area contributed by atoms with E-state index >= 15 is 0 Å². The number of carboxylic acids is 1. The standard InChI is InChI=1S/C11H13FO4/c1-16-10-3-2-8(12)5-9(10)7(6-13)4-11(14)15/h2-3,5,7,13H,4,6H2,1H3,(H,14,15). The summed E-state index contributed by atoms with van der Waals surface area (Å²) in [6.07, 6.45) is -0.268. The lowest BCUT2D eigenvalue weighted by molar-refractivity contribution is -0.137. The number of benzene rings is 1. The zero-order valence-electron chi connectivity index (χ0n) is 8.81. The van der Waals surface area contributed by atoms with Crippen molar-refractivity contribution in [3.8, 4) is 5.75 Å². The van der Waals surface area contributed by atoms with Crippen LogP contribution in [0, 0.1) is 5.82 Å². The number of hydrogen-bond donors (Lipinski definition) is 2. The SMILES string of the molecule is COc1ccc(F)cc1C(CO)CC(=O)O. The Labute approximate surface area is 92.3 Å². The van der Waals surface area contributed by atoms with Gasteiger partial charge in [0.25, 0.3) is 0 Å². The molecule has 0 heterocycles. The molecule has 5 heteroatoms. The van der Waals surface area contributed by atoms with Crippen molar-refractivity contribution in [2.24, 2.45) is 0 Å². The summed E-state index contributed by atoms with van der Waals surface area (Å²) in [4.78, 5) is 10.6. The molecule has 0 aliphatic heterocycles. The van der Waals surface area contributed by atoms with Crippen LogP contribution in [0.25, 0.3) is 0 Å². The van der Waals surface area contributed by atoms with Crippen LogP contribution < -0.4 is 4.74 Å². The maximum atomic E-state index is 13.0. The van der Waals surface area contributed by atoms with Gasteiger partial charge in [-0.2, -0.15) is 0 Å². The van der Waals surface area contributed by atoms with Gasteiger partial charge in [-0.1, -0.05) is 0 Å². The van der Waals surface area contributed by atoms with E-state index in [4.69, 9.17) is 14.9 Å². The molecule has 0 aliphatic rings. The van der Waals surface area contributed by atoms with E-state index in [2.05, 4.69) is 0 Å². The van der Waals surface area contributed by atoms with Crippen molar-refractivity contribution in [3.63, 3.8) is 0 Å². The van der Waals surface area contributed by atoms with Crippen molar-refractivity contribution in [2.75, 3.05) is 13.7 Å². The Bertz CT molecular complexity index is 378. The quantitative estimate of drug-likeness (QED) is 0.799. The van der Waals surface area contributed by atoms with Crippen LogP contribution >= 0.6 is 0 Å². The lowest BCUT2D eigenvalue weighted by atomic mass is 9.95. The lowest BCUT2D eigenvalue weighted by Gasteiger charge is -2.15. The summed E-state index contributed by atoms with van der Waals surface area (Å²) in [5.74, 6) is -1.82. The maximum Gasteiger partial charge on any atom is 0.304 e. The zero-order chi connectivity index (χ0) is 12.1. The smallest absolute Gasteiger partial charge is 0.304 e. The molecule has 4 nitrogen and oxygen atoms in total. The van der Waals surface area contributed by atoms with Gasteiger partial charge in [0.05, 0.1) is 20.1 Å². The zero-order valence-corrected chi connectivity index (χ0v) is 8.81. The number of aliphatic hydroxyl groups excluding tert-OH is 1. The van der Waals surface area contributed by atoms with Gasteiger partial charge in [-0.05, 0) is 18.2 Å². The number of hydrogen-bond acceptors (Lipinski definition) is 3. The molecule has 0 radical (unpaired) electrons. The number of aliphatic carboxylic acids is 1. The van der Waals surface area contributed by atoms with E-state index in [0.717, 1.165) is 0 Å². The highest BCUT2D eigenvalue weighted by molar-refractivity contribution is 5.68. The Morgan fingerprint density at radius 3 is 2.75 bits per heavy atom. The Hall–Kier alpha value is -1.62. The molecular weight excluding hydrogens is 215 g/mol. The highest BCUT2D eigenvalue weighted by Crippen LogP contribution is 2.29. The lowest BCUT2D eigenvalue weighted by Crippen LogP contribution is -2.11. The summed E-state index contributed by atoms with van der Waals surface area (Å²) in [6, 6.07) is 3.81. The summed E-state index contributed by atoms with van der Waals surface area (Å²) < 4.78 is 18.0. The van der Waals surface area contributed by atoms with E-state index in [1.807, 2.05) is 0 Å². The molecule has 0 saturated carbocycles. The van der Waals surface area contributed by atoms with Gasteiger partial charge in [0.15, 0.2) is 0 Å². The van der Waals surface area contributed by atoms with E-state index in [0.29, 0.717) is 11.3 Å². The van der Waals surface area contributed by atoms with Crippen LogP contribution in [0.15, 0.2) is 18.2 Å². The molecule has 0 saturated heterocycles. The van der Waals surface area contributed by atoms with Gasteiger partial charge >= 0.3 is 5.97 Å². The monoisotopic (exact) mass is 228 g/mol. The van der Waals surface area contributed by atoms with Crippen molar-refractivity contribution in [1.82, 2.24) is 0 Å². The third-order valence-electron chi connectivity index (χ3n) is 2.27. The minimum Gasteiger partial charge on any atom is -0.496 e. The van der Waals surface area contributed by atoms with Gasteiger partial charge in [0.2, 0.25) is 0 Å². The summed E-state index contributed by atoms with van der Waals surface area (Å²) in [5.41, 5.74) is 0.368. The number of carboxylic acid groups (broad SMARTS) is 1. The molecule has 0 fully saturated rings. The van der Waals surface area contributed by atoms with E-state index in [1.54, 1.807) is 0 Å². The van der Waals surface area contributed by atoms with E-state index in [1.165, 1.54) is 25.3 Å². The average molecular weight is 228 g/mol. The Balaban J connectivity index is 3.06. The fourth-order valence-electron chi connectivity index (χ4n) is 1.51. The van der Waals surface area contributed by atoms with Gasteiger partial charge in [-0.3, -0.25) is 4.79 Å². The first-order chi connectivity index (χ1) is 7.58. The summed E-state index contributed by atoms with van der Waals surface area (Å²) in [5, 5.41) is 17.8. The number of halogens is 1. The third-order valence-corrected chi connectivity index (χ3v) is 2.27. The van der Waals surface area contributed by atoms with Gasteiger partial charge in [-0.25, -0.2) is 4.39 Å². The van der Waals surface area contributed by atoms with E-state index in [-0.39, 0.29) is 13.0 Å². The van der Waals surface area contributed by atoms with Gasteiger partial charge in [0.1, 0.15) is 11.6 Å². The molecule has 1 atom stereocenters. The summed E-state index contributed by atoms with van der Waals surface area (Å²) in [7, 11) is 1.41. The summed E-state index contributed by atoms with van der Waals surface area (Å²) in [6.45, 7) is -0.369. The number of carbonyl (C=O) groups is 1. The fraction of sp³-hybridized carbons (Fsp3) is 0.364. The largest absolute Gasteiger partial charge is 0.496 e. The molecule has 0 aromatic heterocycles. The van der Waals surface area contributed by atoms with Crippen LogP contribution in [0.2, 0.25) is 0 Å². The van der Waals surface area contributed by atoms with Crippen LogP contribution in [0.4, 0.5) is 4.39 Å². The predicted molar refractivity (Wildman–Crippen MR) is 55.0 cm³/mol. The van der Waals surface area contributed by atoms with Crippen molar-refractivity contribution in [3.05, 3.63) is 29.6 Å². The highest BCUT2D eigenvalue weighted by atomic mass is 19.1. The maximum absolute atomic E-state index is 13.0. The average Bonchev–Trinajstić information content (AvgIpc) is 2.25. The van der Waals surface area contributed by atoms with E-state index in [9.17, 15) is 9.18 Å². The van der Waals surface area contributed by atoms with Crippen LogP contribution in [0.5, 0.6) is 5.75 Å². The van der Waals surface area contributed by atoms with Crippen molar-refractivity contribution in [1.29, 1.82) is 0 Å². The van der Waals surface area contributed by atoms with Crippen molar-refractivity contribution < 1.29 is 24.1 Å². The number of rotatable bonds is 5. The number of methoxy groups -OCH3 is 1. The normalized spacial score (nSPS) is 12.2. The topological polar surface area (TPSA) is 66.8 Å². The summed E-state index contributed by atoms with van der Waals surface area (Å²) >= 11 is 0. The molecule has 1 unspecified atom stereocenters. The molecule has 16 heavy (non-hydrogen) atoms. The molecule has 1 aromatic rings. The van der Waals surface area contributed by atoms with Crippen LogP contribution in [0.1, 0.15) is 17.9 Å². The predicted octanol–water partition coefficient (Wildman–Crippen LogP) is 1.38. The van der Waals surface area contributed by atoms with Gasteiger partial charge < -0.3 is 14.9 Å². The minimum absolute atomic E-state index is 0.268. The Morgan fingerprint density at radius 2 is 2.25 bits per heavy atom. The van der Waals surface area contributed by atoms with Gasteiger partial charge in [-0.15, -0.1) is 0 Å². The highest BCUT2D eigenvalue weighted by Gasteiger charge is 2.19. The van der Waals surface area contributed by atoms with Gasteiger partial charge in [0, 0.05) is 11.5 Å². The molecule has 0 aliphatic carbocycles. The minimum atomic E-state index is -1.05. The first kappa shape index (κ1) is 12.4. The van der Waals surface area contributed by atoms with Crippen LogP contribution in [-0.2, 0) is 4.79 Å². The van der Waals surface area contributed by atoms with Crippen LogP contribution in [-0.4, -0.2) is 29.9 Å². The first-order valence-electron chi connectivity index (χ1n) is 4.74.